The van der Waals surface area contributed by atoms with Crippen molar-refractivity contribution < 1.29 is 4.79 Å². The van der Waals surface area contributed by atoms with Gasteiger partial charge in [-0.3, -0.25) is 4.79 Å². The van der Waals surface area contributed by atoms with Gasteiger partial charge in [0.1, 0.15) is 0 Å². The lowest BCUT2D eigenvalue weighted by Gasteiger charge is -2.14. The summed E-state index contributed by atoms with van der Waals surface area (Å²) in [6.07, 6.45) is 2.32. The predicted molar refractivity (Wildman–Crippen MR) is 72.4 cm³/mol. The SMILES string of the molecule is CCCC(C)Nc1ccc(C(=O)NCC)cc1. The Morgan fingerprint density at radius 3 is 2.41 bits per heavy atom. The Bertz CT molecular complexity index is 346. The summed E-state index contributed by atoms with van der Waals surface area (Å²) in [6, 6.07) is 8.08. The van der Waals surface area contributed by atoms with E-state index in [9.17, 15) is 4.79 Å². The van der Waals surface area contributed by atoms with Crippen LogP contribution in [-0.4, -0.2) is 18.5 Å². The maximum atomic E-state index is 11.5. The van der Waals surface area contributed by atoms with E-state index >= 15 is 0 Å². The number of hydrogen-bond donors (Lipinski definition) is 2. The van der Waals surface area contributed by atoms with Crippen molar-refractivity contribution in [2.45, 2.75) is 39.7 Å². The third-order valence-corrected chi connectivity index (χ3v) is 2.62. The molecule has 2 N–H and O–H groups in total. The Labute approximate surface area is 104 Å². The Hall–Kier alpha value is -1.51. The van der Waals surface area contributed by atoms with Gasteiger partial charge in [-0.25, -0.2) is 0 Å². The highest BCUT2D eigenvalue weighted by Crippen LogP contribution is 2.12. The smallest absolute Gasteiger partial charge is 0.251 e. The van der Waals surface area contributed by atoms with Crippen molar-refractivity contribution in [3.63, 3.8) is 0 Å². The first-order valence-electron chi connectivity index (χ1n) is 6.32. The van der Waals surface area contributed by atoms with Crippen LogP contribution in [0.2, 0.25) is 0 Å². The van der Waals surface area contributed by atoms with E-state index in [4.69, 9.17) is 0 Å². The number of anilines is 1. The molecule has 3 heteroatoms. The topological polar surface area (TPSA) is 41.1 Å². The highest BCUT2D eigenvalue weighted by Gasteiger charge is 2.04. The fourth-order valence-corrected chi connectivity index (χ4v) is 1.77. The zero-order valence-corrected chi connectivity index (χ0v) is 10.9. The molecule has 0 aliphatic rings. The standard InChI is InChI=1S/C14H22N2O/c1-4-6-11(3)16-13-9-7-12(8-10-13)14(17)15-5-2/h7-11,16H,4-6H2,1-3H3,(H,15,17). The molecule has 0 heterocycles. The van der Waals surface area contributed by atoms with E-state index in [2.05, 4.69) is 24.5 Å². The summed E-state index contributed by atoms with van der Waals surface area (Å²) >= 11 is 0. The van der Waals surface area contributed by atoms with Crippen LogP contribution >= 0.6 is 0 Å². The molecule has 1 rings (SSSR count). The summed E-state index contributed by atoms with van der Waals surface area (Å²) in [7, 11) is 0. The van der Waals surface area contributed by atoms with Crippen LogP contribution in [0.3, 0.4) is 0 Å². The monoisotopic (exact) mass is 234 g/mol. The van der Waals surface area contributed by atoms with Gasteiger partial charge in [-0.15, -0.1) is 0 Å². The molecule has 0 spiro atoms. The number of benzene rings is 1. The van der Waals surface area contributed by atoms with Crippen molar-refractivity contribution in [1.82, 2.24) is 5.32 Å². The Morgan fingerprint density at radius 1 is 1.24 bits per heavy atom. The van der Waals surface area contributed by atoms with Crippen molar-refractivity contribution in [2.75, 3.05) is 11.9 Å². The van der Waals surface area contributed by atoms with E-state index in [0.29, 0.717) is 18.2 Å². The van der Waals surface area contributed by atoms with Crippen LogP contribution in [0.15, 0.2) is 24.3 Å². The fourth-order valence-electron chi connectivity index (χ4n) is 1.77. The molecule has 0 radical (unpaired) electrons. The van der Waals surface area contributed by atoms with E-state index < -0.39 is 0 Å². The van der Waals surface area contributed by atoms with E-state index in [1.807, 2.05) is 31.2 Å². The molecule has 0 fully saturated rings. The van der Waals surface area contributed by atoms with E-state index in [-0.39, 0.29) is 5.91 Å². The van der Waals surface area contributed by atoms with Gasteiger partial charge in [0.05, 0.1) is 0 Å². The number of nitrogens with one attached hydrogen (secondary N) is 2. The van der Waals surface area contributed by atoms with Gasteiger partial charge in [-0.1, -0.05) is 13.3 Å². The first kappa shape index (κ1) is 13.6. The molecule has 1 aromatic carbocycles. The molecule has 3 nitrogen and oxygen atoms in total. The average Bonchev–Trinajstić information content (AvgIpc) is 2.30. The summed E-state index contributed by atoms with van der Waals surface area (Å²) in [5.41, 5.74) is 1.78. The van der Waals surface area contributed by atoms with Crippen LogP contribution in [0.4, 0.5) is 5.69 Å². The first-order chi connectivity index (χ1) is 8.17. The lowest BCUT2D eigenvalue weighted by molar-refractivity contribution is 0.0956. The summed E-state index contributed by atoms with van der Waals surface area (Å²) in [4.78, 5) is 11.5. The lowest BCUT2D eigenvalue weighted by atomic mass is 10.1. The minimum absolute atomic E-state index is 0.0133. The Kier molecular flexibility index (Phi) is 5.53. The molecular weight excluding hydrogens is 212 g/mol. The van der Waals surface area contributed by atoms with Crippen LogP contribution in [0, 0.1) is 0 Å². The zero-order valence-electron chi connectivity index (χ0n) is 10.9. The van der Waals surface area contributed by atoms with Crippen molar-refractivity contribution >= 4 is 11.6 Å². The van der Waals surface area contributed by atoms with Crippen LogP contribution in [0.5, 0.6) is 0 Å². The lowest BCUT2D eigenvalue weighted by Crippen LogP contribution is -2.22. The summed E-state index contributed by atoms with van der Waals surface area (Å²) < 4.78 is 0. The van der Waals surface area contributed by atoms with E-state index in [1.165, 1.54) is 6.42 Å². The normalized spacial score (nSPS) is 11.9. The fraction of sp³-hybridized carbons (Fsp3) is 0.500. The Balaban J connectivity index is 2.58. The molecule has 0 aliphatic carbocycles. The Morgan fingerprint density at radius 2 is 1.88 bits per heavy atom. The second-order valence-electron chi connectivity index (χ2n) is 4.27. The van der Waals surface area contributed by atoms with E-state index in [1.54, 1.807) is 0 Å². The van der Waals surface area contributed by atoms with Crippen molar-refractivity contribution in [1.29, 1.82) is 0 Å². The molecule has 94 valence electrons. The first-order valence-corrected chi connectivity index (χ1v) is 6.32. The van der Waals surface area contributed by atoms with Crippen molar-refractivity contribution in [3.05, 3.63) is 29.8 Å². The summed E-state index contributed by atoms with van der Waals surface area (Å²) in [5, 5.41) is 6.19. The average molecular weight is 234 g/mol. The van der Waals surface area contributed by atoms with Crippen LogP contribution in [-0.2, 0) is 0 Å². The third kappa shape index (κ3) is 4.47. The molecule has 0 saturated heterocycles. The number of hydrogen-bond acceptors (Lipinski definition) is 2. The molecule has 1 aromatic rings. The molecule has 0 bridgehead atoms. The number of amides is 1. The van der Waals surface area contributed by atoms with E-state index in [0.717, 1.165) is 12.1 Å². The largest absolute Gasteiger partial charge is 0.383 e. The number of carbonyl (C=O) groups is 1. The second kappa shape index (κ2) is 6.94. The minimum atomic E-state index is -0.0133. The summed E-state index contributed by atoms with van der Waals surface area (Å²) in [5.74, 6) is -0.0133. The van der Waals surface area contributed by atoms with Gasteiger partial charge in [0.15, 0.2) is 0 Å². The molecule has 0 aliphatic heterocycles. The molecule has 0 aromatic heterocycles. The van der Waals surface area contributed by atoms with Crippen molar-refractivity contribution in [3.8, 4) is 0 Å². The van der Waals surface area contributed by atoms with Gasteiger partial charge in [-0.05, 0) is 44.5 Å². The second-order valence-corrected chi connectivity index (χ2v) is 4.27. The minimum Gasteiger partial charge on any atom is -0.383 e. The van der Waals surface area contributed by atoms with Gasteiger partial charge in [0.2, 0.25) is 0 Å². The van der Waals surface area contributed by atoms with Crippen LogP contribution in [0.1, 0.15) is 44.0 Å². The maximum Gasteiger partial charge on any atom is 0.251 e. The van der Waals surface area contributed by atoms with Gasteiger partial charge >= 0.3 is 0 Å². The number of rotatable bonds is 6. The number of carbonyl (C=O) groups excluding carboxylic acids is 1. The molecule has 1 unspecified atom stereocenters. The molecule has 1 amide bonds. The molecule has 1 atom stereocenters. The third-order valence-electron chi connectivity index (χ3n) is 2.62. The molecular formula is C14H22N2O. The molecule has 17 heavy (non-hydrogen) atoms. The summed E-state index contributed by atoms with van der Waals surface area (Å²) in [6.45, 7) is 6.92. The molecule has 0 saturated carbocycles. The quantitative estimate of drug-likeness (QED) is 0.794. The van der Waals surface area contributed by atoms with Crippen molar-refractivity contribution in [2.24, 2.45) is 0 Å². The zero-order chi connectivity index (χ0) is 12.7. The van der Waals surface area contributed by atoms with Gasteiger partial charge in [0.25, 0.3) is 5.91 Å². The highest BCUT2D eigenvalue weighted by molar-refractivity contribution is 5.94. The maximum absolute atomic E-state index is 11.5. The predicted octanol–water partition coefficient (Wildman–Crippen LogP) is 3.04. The van der Waals surface area contributed by atoms with Gasteiger partial charge < -0.3 is 10.6 Å². The van der Waals surface area contributed by atoms with Gasteiger partial charge in [-0.2, -0.15) is 0 Å². The van der Waals surface area contributed by atoms with Crippen LogP contribution < -0.4 is 10.6 Å². The highest BCUT2D eigenvalue weighted by atomic mass is 16.1. The van der Waals surface area contributed by atoms with Gasteiger partial charge in [0, 0.05) is 23.8 Å². The van der Waals surface area contributed by atoms with Crippen LogP contribution in [0.25, 0.3) is 0 Å².